The van der Waals surface area contributed by atoms with E-state index in [0.29, 0.717) is 12.1 Å². The van der Waals surface area contributed by atoms with Gasteiger partial charge in [0, 0.05) is 44.5 Å². The zero-order valence-corrected chi connectivity index (χ0v) is 17.3. The number of carbonyl (C=O) groups is 2. The third-order valence-corrected chi connectivity index (χ3v) is 5.09. The van der Waals surface area contributed by atoms with Crippen molar-refractivity contribution in [2.24, 2.45) is 13.0 Å². The number of hydrogen-bond donors (Lipinski definition) is 1. The van der Waals surface area contributed by atoms with E-state index in [1.165, 1.54) is 0 Å². The lowest BCUT2D eigenvalue weighted by Crippen LogP contribution is -2.44. The highest BCUT2D eigenvalue weighted by Gasteiger charge is 2.37. The first-order chi connectivity index (χ1) is 13.0. The summed E-state index contributed by atoms with van der Waals surface area (Å²) < 4.78 is 7.14. The lowest BCUT2D eigenvalue weighted by Gasteiger charge is -2.30. The highest BCUT2D eigenvalue weighted by Crippen LogP contribution is 2.33. The van der Waals surface area contributed by atoms with Crippen LogP contribution in [-0.2, 0) is 11.8 Å². The van der Waals surface area contributed by atoms with E-state index in [-0.39, 0.29) is 23.6 Å². The van der Waals surface area contributed by atoms with Gasteiger partial charge in [-0.25, -0.2) is 9.59 Å². The number of aromatic nitrogens is 2. The Morgan fingerprint density at radius 3 is 2.57 bits per heavy atom. The van der Waals surface area contributed by atoms with Crippen LogP contribution in [0.3, 0.4) is 0 Å². The fourth-order valence-corrected chi connectivity index (χ4v) is 3.77. The molecule has 8 heteroatoms. The van der Waals surface area contributed by atoms with Crippen LogP contribution in [0, 0.1) is 5.92 Å². The van der Waals surface area contributed by atoms with Crippen LogP contribution in [0.5, 0.6) is 0 Å². The van der Waals surface area contributed by atoms with E-state index in [1.54, 1.807) is 29.7 Å². The van der Waals surface area contributed by atoms with Crippen LogP contribution < -0.4 is 4.90 Å². The maximum absolute atomic E-state index is 12.5. The minimum absolute atomic E-state index is 0.000668. The Morgan fingerprint density at radius 1 is 1.29 bits per heavy atom. The van der Waals surface area contributed by atoms with Gasteiger partial charge in [-0.05, 0) is 38.8 Å². The van der Waals surface area contributed by atoms with Crippen LogP contribution in [-0.4, -0.2) is 63.6 Å². The molecule has 3 rings (SSSR count). The van der Waals surface area contributed by atoms with E-state index in [2.05, 4.69) is 16.9 Å². The van der Waals surface area contributed by atoms with Crippen molar-refractivity contribution in [3.63, 3.8) is 0 Å². The molecule has 1 fully saturated rings. The molecule has 1 saturated heterocycles. The molecule has 2 heterocycles. The van der Waals surface area contributed by atoms with E-state index in [4.69, 9.17) is 4.74 Å². The second kappa shape index (κ2) is 7.00. The van der Waals surface area contributed by atoms with Gasteiger partial charge in [-0.2, -0.15) is 5.10 Å². The summed E-state index contributed by atoms with van der Waals surface area (Å²) in [6.45, 7) is 9.07. The lowest BCUT2D eigenvalue weighted by atomic mass is 10.1. The van der Waals surface area contributed by atoms with Gasteiger partial charge in [-0.1, -0.05) is 6.92 Å². The quantitative estimate of drug-likeness (QED) is 0.870. The molecule has 1 aliphatic heterocycles. The van der Waals surface area contributed by atoms with Gasteiger partial charge >= 0.3 is 12.1 Å². The number of fused-ring (bicyclic) bond motifs is 1. The summed E-state index contributed by atoms with van der Waals surface area (Å²) in [6.07, 6.45) is 1.51. The maximum atomic E-state index is 12.5. The molecule has 8 nitrogen and oxygen atoms in total. The van der Waals surface area contributed by atoms with E-state index >= 15 is 0 Å². The number of amides is 1. The molecule has 0 radical (unpaired) electrons. The number of aromatic carboxylic acids is 1. The van der Waals surface area contributed by atoms with Crippen molar-refractivity contribution in [2.75, 3.05) is 25.0 Å². The van der Waals surface area contributed by atoms with Gasteiger partial charge in [0.2, 0.25) is 0 Å². The van der Waals surface area contributed by atoms with Gasteiger partial charge in [-0.3, -0.25) is 4.68 Å². The number of rotatable bonds is 3. The minimum Gasteiger partial charge on any atom is -0.478 e. The van der Waals surface area contributed by atoms with Crippen molar-refractivity contribution in [3.8, 4) is 0 Å². The van der Waals surface area contributed by atoms with Gasteiger partial charge in [-0.15, -0.1) is 0 Å². The lowest BCUT2D eigenvalue weighted by molar-refractivity contribution is 0.0208. The second-order valence-corrected chi connectivity index (χ2v) is 8.54. The number of carbonyl (C=O) groups excluding carboxylic acids is 1. The standard InChI is InChI=1S/C20H28N4O4/c1-12-9-24(11-16(12)23(6)19(27)28-20(2,3)4)15-8-7-13(18(25)26)17-14(15)10-22(5)21-17/h7-8,10,12,16H,9,11H2,1-6H3,(H,25,26)/t12-,16-/m1/s1. The van der Waals surface area contributed by atoms with Gasteiger partial charge in [0.05, 0.1) is 11.6 Å². The normalized spacial score (nSPS) is 19.9. The number of hydrogen-bond acceptors (Lipinski definition) is 5. The van der Waals surface area contributed by atoms with E-state index in [1.807, 2.05) is 33.0 Å². The van der Waals surface area contributed by atoms with Crippen molar-refractivity contribution < 1.29 is 19.4 Å². The third kappa shape index (κ3) is 3.76. The Kier molecular flexibility index (Phi) is 4.99. The zero-order chi connectivity index (χ0) is 20.8. The van der Waals surface area contributed by atoms with Gasteiger partial charge in [0.15, 0.2) is 0 Å². The Labute approximate surface area is 164 Å². The molecule has 1 aliphatic rings. The topological polar surface area (TPSA) is 87.9 Å². The second-order valence-electron chi connectivity index (χ2n) is 8.54. The molecule has 0 unspecified atom stereocenters. The summed E-state index contributed by atoms with van der Waals surface area (Å²) in [5.41, 5.74) is 1.06. The van der Waals surface area contributed by atoms with Crippen LogP contribution in [0.2, 0.25) is 0 Å². The molecule has 0 saturated carbocycles. The molecule has 1 aromatic carbocycles. The monoisotopic (exact) mass is 388 g/mol. The first-order valence-corrected chi connectivity index (χ1v) is 9.38. The predicted octanol–water partition coefficient (Wildman–Crippen LogP) is 2.96. The number of ether oxygens (including phenoxy) is 1. The maximum Gasteiger partial charge on any atom is 0.410 e. The Bertz CT molecular complexity index is 915. The number of nitrogens with zero attached hydrogens (tertiary/aromatic N) is 4. The average molecular weight is 388 g/mol. The zero-order valence-electron chi connectivity index (χ0n) is 17.3. The van der Waals surface area contributed by atoms with E-state index in [9.17, 15) is 14.7 Å². The summed E-state index contributed by atoms with van der Waals surface area (Å²) >= 11 is 0. The fourth-order valence-electron chi connectivity index (χ4n) is 3.77. The number of anilines is 1. The highest BCUT2D eigenvalue weighted by atomic mass is 16.6. The first kappa shape index (κ1) is 20.0. The van der Waals surface area contributed by atoms with Crippen LogP contribution in [0.1, 0.15) is 38.1 Å². The van der Waals surface area contributed by atoms with Gasteiger partial charge in [0.25, 0.3) is 0 Å². The molecule has 1 aromatic heterocycles. The summed E-state index contributed by atoms with van der Waals surface area (Å²) in [5, 5.41) is 14.6. The van der Waals surface area contributed by atoms with Crippen molar-refractivity contribution in [2.45, 2.75) is 39.3 Å². The summed E-state index contributed by atoms with van der Waals surface area (Å²) in [7, 11) is 3.55. The number of carboxylic acids is 1. The predicted molar refractivity (Wildman–Crippen MR) is 107 cm³/mol. The van der Waals surface area contributed by atoms with Crippen LogP contribution in [0.25, 0.3) is 10.9 Å². The largest absolute Gasteiger partial charge is 0.478 e. The molecule has 1 N–H and O–H groups in total. The van der Waals surface area contributed by atoms with Gasteiger partial charge in [0.1, 0.15) is 11.1 Å². The molecule has 0 aliphatic carbocycles. The minimum atomic E-state index is -0.993. The van der Waals surface area contributed by atoms with E-state index in [0.717, 1.165) is 17.6 Å². The smallest absolute Gasteiger partial charge is 0.410 e. The molecule has 152 valence electrons. The number of aryl methyl sites for hydroxylation is 1. The van der Waals surface area contributed by atoms with Gasteiger partial charge < -0.3 is 19.6 Å². The van der Waals surface area contributed by atoms with Crippen molar-refractivity contribution >= 4 is 28.7 Å². The Morgan fingerprint density at radius 2 is 1.96 bits per heavy atom. The Balaban J connectivity index is 1.88. The summed E-state index contributed by atoms with van der Waals surface area (Å²) in [5.74, 6) is -0.754. The molecule has 0 bridgehead atoms. The molecule has 2 atom stereocenters. The van der Waals surface area contributed by atoms with E-state index < -0.39 is 11.6 Å². The highest BCUT2D eigenvalue weighted by molar-refractivity contribution is 6.06. The van der Waals surface area contributed by atoms with Crippen LogP contribution >= 0.6 is 0 Å². The SMILES string of the molecule is C[C@@H]1CN(c2ccc(C(=O)O)c3nn(C)cc23)C[C@H]1N(C)C(=O)OC(C)(C)C. The summed E-state index contributed by atoms with van der Waals surface area (Å²) in [4.78, 5) is 27.8. The molecule has 0 spiro atoms. The third-order valence-electron chi connectivity index (χ3n) is 5.09. The molecular weight excluding hydrogens is 360 g/mol. The molecule has 28 heavy (non-hydrogen) atoms. The van der Waals surface area contributed by atoms with Crippen molar-refractivity contribution in [1.29, 1.82) is 0 Å². The first-order valence-electron chi connectivity index (χ1n) is 9.38. The van der Waals surface area contributed by atoms with Crippen molar-refractivity contribution in [3.05, 3.63) is 23.9 Å². The van der Waals surface area contributed by atoms with Crippen molar-refractivity contribution in [1.82, 2.24) is 14.7 Å². The molecular formula is C20H28N4O4. The fraction of sp³-hybridized carbons (Fsp3) is 0.550. The number of carboxylic acid groups (broad SMARTS) is 1. The number of benzene rings is 1. The average Bonchev–Trinajstić information content (AvgIpc) is 3.13. The van der Waals surface area contributed by atoms with Crippen LogP contribution in [0.4, 0.5) is 10.5 Å². The Hall–Kier alpha value is -2.77. The summed E-state index contributed by atoms with van der Waals surface area (Å²) in [6, 6.07) is 3.43. The van der Waals surface area contributed by atoms with Crippen LogP contribution in [0.15, 0.2) is 18.3 Å². The number of likely N-dealkylation sites (N-methyl/N-ethyl adjacent to an activating group) is 1. The molecule has 1 amide bonds. The molecule has 2 aromatic rings.